The fraction of sp³-hybridized carbons (Fsp3) is 0.208. The molecule has 0 saturated heterocycles. The highest BCUT2D eigenvalue weighted by Gasteiger charge is 2.17. The number of Topliss-reactive ketones (excluding diaryl/α,β-unsaturated/α-hetero) is 1. The topological polar surface area (TPSA) is 107 Å². The molecule has 0 unspecified atom stereocenters. The Kier molecular flexibility index (Phi) is 8.10. The number of carbonyl (C=O) groups excluding carboxylic acids is 2. The zero-order chi connectivity index (χ0) is 24.7. The fourth-order valence-corrected chi connectivity index (χ4v) is 3.05. The minimum atomic E-state index is -1.06. The first kappa shape index (κ1) is 24.6. The van der Waals surface area contributed by atoms with E-state index in [2.05, 4.69) is 10.3 Å². The first-order valence-electron chi connectivity index (χ1n) is 10.1. The third-order valence-corrected chi connectivity index (χ3v) is 4.74. The van der Waals surface area contributed by atoms with Crippen molar-refractivity contribution in [2.45, 2.75) is 0 Å². The first-order chi connectivity index (χ1) is 16.4. The van der Waals surface area contributed by atoms with Crippen molar-refractivity contribution in [2.24, 2.45) is 0 Å². The summed E-state index contributed by atoms with van der Waals surface area (Å²) in [5.41, 5.74) is 0.615. The number of hydrogen-bond acceptors (Lipinski definition) is 7. The van der Waals surface area contributed by atoms with E-state index >= 15 is 0 Å². The summed E-state index contributed by atoms with van der Waals surface area (Å²) in [5.74, 6) is -2.20. The number of halogens is 2. The van der Waals surface area contributed by atoms with E-state index < -0.39 is 23.3 Å². The molecule has 0 spiro atoms. The molecule has 3 rings (SSSR count). The number of aromatic nitrogens is 1. The van der Waals surface area contributed by atoms with Crippen LogP contribution in [0.25, 0.3) is 11.3 Å². The molecule has 3 aromatic rings. The van der Waals surface area contributed by atoms with Crippen LogP contribution in [0.5, 0.6) is 17.2 Å². The second-order valence-electron chi connectivity index (χ2n) is 6.92. The van der Waals surface area contributed by atoms with Gasteiger partial charge >= 0.3 is 0 Å². The number of nitrogens with zero attached hydrogens (tertiary/aromatic N) is 1. The maximum Gasteiger partial charge on any atom is 0.251 e. The highest BCUT2D eigenvalue weighted by Crippen LogP contribution is 2.30. The number of ether oxygens (including phenoxy) is 3. The average Bonchev–Trinajstić information content (AvgIpc) is 2.86. The lowest BCUT2D eigenvalue weighted by atomic mass is 10.1. The van der Waals surface area contributed by atoms with E-state index in [-0.39, 0.29) is 48.0 Å². The van der Waals surface area contributed by atoms with Crippen LogP contribution in [0.3, 0.4) is 0 Å². The van der Waals surface area contributed by atoms with Crippen molar-refractivity contribution >= 4 is 11.7 Å². The molecule has 1 aromatic heterocycles. The minimum Gasteiger partial charge on any atom is -0.494 e. The molecular formula is C24H22F2N2O6. The molecule has 0 saturated carbocycles. The largest absolute Gasteiger partial charge is 0.494 e. The molecule has 0 atom stereocenters. The number of nitrogens with one attached hydrogen (secondary N) is 1. The molecule has 0 radical (unpaired) electrons. The van der Waals surface area contributed by atoms with Gasteiger partial charge in [-0.25, -0.2) is 13.8 Å². The normalized spacial score (nSPS) is 10.5. The van der Waals surface area contributed by atoms with Gasteiger partial charge in [-0.05, 0) is 48.5 Å². The van der Waals surface area contributed by atoms with Gasteiger partial charge in [0.15, 0.2) is 28.9 Å². The van der Waals surface area contributed by atoms with Gasteiger partial charge in [0.25, 0.3) is 5.91 Å². The Balaban J connectivity index is 1.74. The predicted octanol–water partition coefficient (Wildman–Crippen LogP) is 3.03. The van der Waals surface area contributed by atoms with Gasteiger partial charge < -0.3 is 24.6 Å². The number of benzene rings is 2. The lowest BCUT2D eigenvalue weighted by Gasteiger charge is -2.12. The van der Waals surface area contributed by atoms with Gasteiger partial charge in [0, 0.05) is 11.1 Å². The van der Waals surface area contributed by atoms with Crippen LogP contribution in [0.2, 0.25) is 0 Å². The number of methoxy groups -OCH3 is 2. The van der Waals surface area contributed by atoms with Gasteiger partial charge in [0.05, 0.1) is 27.4 Å². The summed E-state index contributed by atoms with van der Waals surface area (Å²) in [4.78, 5) is 29.4. The Bertz CT molecular complexity index is 1200. The van der Waals surface area contributed by atoms with Crippen LogP contribution < -0.4 is 19.5 Å². The highest BCUT2D eigenvalue weighted by molar-refractivity contribution is 6.01. The summed E-state index contributed by atoms with van der Waals surface area (Å²) in [5, 5.41) is 11.4. The number of carbonyl (C=O) groups is 2. The van der Waals surface area contributed by atoms with Gasteiger partial charge in [0.2, 0.25) is 0 Å². The molecule has 2 N–H and O–H groups in total. The summed E-state index contributed by atoms with van der Waals surface area (Å²) in [6.45, 7) is -0.469. The van der Waals surface area contributed by atoms with Crippen molar-refractivity contribution in [3.05, 3.63) is 71.4 Å². The van der Waals surface area contributed by atoms with Crippen LogP contribution in [-0.2, 0) is 0 Å². The Labute approximate surface area is 194 Å². The van der Waals surface area contributed by atoms with E-state index in [4.69, 9.17) is 19.3 Å². The van der Waals surface area contributed by atoms with Crippen molar-refractivity contribution in [3.8, 4) is 28.5 Å². The van der Waals surface area contributed by atoms with Gasteiger partial charge in [-0.2, -0.15) is 0 Å². The standard InChI is InChI=1S/C24H22F2N2O6/c1-32-21-8-6-18(28-23(21)14-3-5-16(25)17(26)11-14)19(30)13-27-24(31)15-4-7-20(34-10-9-29)22(12-15)33-2/h3-8,11-12,29H,9-10,13H2,1-2H3,(H,27,31). The van der Waals surface area contributed by atoms with Crippen LogP contribution in [0, 0.1) is 11.6 Å². The van der Waals surface area contributed by atoms with Gasteiger partial charge in [-0.1, -0.05) is 0 Å². The maximum atomic E-state index is 13.7. The predicted molar refractivity (Wildman–Crippen MR) is 118 cm³/mol. The minimum absolute atomic E-state index is 0.00571. The highest BCUT2D eigenvalue weighted by atomic mass is 19.2. The third kappa shape index (κ3) is 5.65. The Morgan fingerprint density at radius 2 is 1.68 bits per heavy atom. The quantitative estimate of drug-likeness (QED) is 0.437. The molecular weight excluding hydrogens is 450 g/mol. The number of hydrogen-bond donors (Lipinski definition) is 2. The van der Waals surface area contributed by atoms with E-state index in [0.29, 0.717) is 11.5 Å². The van der Waals surface area contributed by atoms with Gasteiger partial charge in [-0.15, -0.1) is 0 Å². The van der Waals surface area contributed by atoms with Crippen molar-refractivity contribution in [1.29, 1.82) is 0 Å². The summed E-state index contributed by atoms with van der Waals surface area (Å²) in [7, 11) is 2.79. The number of pyridine rings is 1. The van der Waals surface area contributed by atoms with Gasteiger partial charge in [0.1, 0.15) is 23.7 Å². The van der Waals surface area contributed by atoms with Crippen LogP contribution in [0.1, 0.15) is 20.8 Å². The smallest absolute Gasteiger partial charge is 0.251 e. The summed E-state index contributed by atoms with van der Waals surface area (Å²) in [6.07, 6.45) is 0. The molecule has 8 nitrogen and oxygen atoms in total. The Morgan fingerprint density at radius 1 is 0.941 bits per heavy atom. The monoisotopic (exact) mass is 472 g/mol. The van der Waals surface area contributed by atoms with E-state index in [1.165, 1.54) is 50.6 Å². The molecule has 1 amide bonds. The lowest BCUT2D eigenvalue weighted by Crippen LogP contribution is -2.30. The van der Waals surface area contributed by atoms with Crippen molar-refractivity contribution in [2.75, 3.05) is 34.0 Å². The lowest BCUT2D eigenvalue weighted by molar-refractivity contribution is 0.0902. The maximum absolute atomic E-state index is 13.7. The summed E-state index contributed by atoms with van der Waals surface area (Å²) >= 11 is 0. The molecule has 0 aliphatic carbocycles. The van der Waals surface area contributed by atoms with Crippen LogP contribution in [-0.4, -0.2) is 55.8 Å². The van der Waals surface area contributed by atoms with Crippen LogP contribution >= 0.6 is 0 Å². The van der Waals surface area contributed by atoms with E-state index in [1.54, 1.807) is 0 Å². The number of ketones is 1. The molecule has 0 aliphatic rings. The zero-order valence-corrected chi connectivity index (χ0v) is 18.4. The summed E-state index contributed by atoms with van der Waals surface area (Å²) in [6, 6.07) is 10.6. The van der Waals surface area contributed by atoms with E-state index in [1.807, 2.05) is 0 Å². The average molecular weight is 472 g/mol. The van der Waals surface area contributed by atoms with Gasteiger partial charge in [-0.3, -0.25) is 9.59 Å². The summed E-state index contributed by atoms with van der Waals surface area (Å²) < 4.78 is 42.7. The molecule has 0 bridgehead atoms. The zero-order valence-electron chi connectivity index (χ0n) is 18.4. The number of aliphatic hydroxyl groups is 1. The SMILES string of the molecule is COc1cc(C(=O)NCC(=O)c2ccc(OC)c(-c3ccc(F)c(F)c3)n2)ccc1OCCO. The fourth-order valence-electron chi connectivity index (χ4n) is 3.05. The van der Waals surface area contributed by atoms with E-state index in [9.17, 15) is 18.4 Å². The first-order valence-corrected chi connectivity index (χ1v) is 10.1. The molecule has 10 heteroatoms. The van der Waals surface area contributed by atoms with Crippen LogP contribution in [0.4, 0.5) is 8.78 Å². The van der Waals surface area contributed by atoms with Crippen molar-refractivity contribution in [3.63, 3.8) is 0 Å². The molecule has 2 aromatic carbocycles. The molecule has 0 aliphatic heterocycles. The second kappa shape index (κ2) is 11.2. The van der Waals surface area contributed by atoms with Crippen LogP contribution in [0.15, 0.2) is 48.5 Å². The molecule has 0 fully saturated rings. The second-order valence-corrected chi connectivity index (χ2v) is 6.92. The van der Waals surface area contributed by atoms with Crippen molar-refractivity contribution < 1.29 is 37.7 Å². The third-order valence-electron chi connectivity index (χ3n) is 4.74. The van der Waals surface area contributed by atoms with Crippen molar-refractivity contribution in [1.82, 2.24) is 10.3 Å². The number of aliphatic hydroxyl groups excluding tert-OH is 1. The Morgan fingerprint density at radius 3 is 2.35 bits per heavy atom. The number of rotatable bonds is 10. The van der Waals surface area contributed by atoms with E-state index in [0.717, 1.165) is 12.1 Å². The molecule has 1 heterocycles. The number of amides is 1. The Hall–Kier alpha value is -4.05. The molecule has 34 heavy (non-hydrogen) atoms. The molecule has 178 valence electrons.